The Morgan fingerprint density at radius 3 is 2.29 bits per heavy atom. The van der Waals surface area contributed by atoms with Gasteiger partial charge in [0.15, 0.2) is 12.2 Å². The van der Waals surface area contributed by atoms with Gasteiger partial charge in [-0.25, -0.2) is 4.79 Å². The fraction of sp³-hybridized carbons (Fsp3) is 0.391. The lowest BCUT2D eigenvalue weighted by molar-refractivity contribution is -0.225. The summed E-state index contributed by atoms with van der Waals surface area (Å²) in [5.74, 6) is -1.79. The van der Waals surface area contributed by atoms with Crippen LogP contribution < -0.4 is 10.1 Å². The number of carbonyl (C=O) groups is 2. The van der Waals surface area contributed by atoms with Crippen LogP contribution in [0.15, 0.2) is 36.4 Å². The maximum absolute atomic E-state index is 12.6. The lowest BCUT2D eigenvalue weighted by Crippen LogP contribution is -2.63. The van der Waals surface area contributed by atoms with E-state index in [1.165, 1.54) is 0 Å². The average Bonchev–Trinajstić information content (AvgIpc) is 2.81. The van der Waals surface area contributed by atoms with Crippen molar-refractivity contribution >= 4 is 35.1 Å². The Morgan fingerprint density at radius 2 is 1.62 bits per heavy atom. The van der Waals surface area contributed by atoms with Crippen LogP contribution in [0.1, 0.15) is 12.0 Å². The fourth-order valence-corrected chi connectivity index (χ4v) is 4.78. The van der Waals surface area contributed by atoms with Crippen LogP contribution in [-0.4, -0.2) is 75.5 Å². The highest BCUT2D eigenvalue weighted by Crippen LogP contribution is 2.43. The molecule has 4 rings (SSSR count). The van der Waals surface area contributed by atoms with Crippen molar-refractivity contribution in [3.05, 3.63) is 52.0 Å². The number of carboxylic acid groups (broad SMARTS) is 1. The number of ether oxygens (including phenoxy) is 2. The van der Waals surface area contributed by atoms with E-state index in [4.69, 9.17) is 37.8 Å². The minimum atomic E-state index is -1.87. The molecule has 0 aliphatic carbocycles. The summed E-state index contributed by atoms with van der Waals surface area (Å²) >= 11 is 12.8. The number of aliphatic hydroxyl groups excluding tert-OH is 3. The second-order valence-corrected chi connectivity index (χ2v) is 9.02. The number of fused-ring (bicyclic) bond motifs is 1. The first kappa shape index (κ1) is 24.7. The van der Waals surface area contributed by atoms with E-state index in [1.54, 1.807) is 18.2 Å². The third-order valence-electron chi connectivity index (χ3n) is 5.97. The largest absolute Gasteiger partial charge is 0.488 e. The van der Waals surface area contributed by atoms with Crippen LogP contribution in [0.25, 0.3) is 11.1 Å². The SMILES string of the molecule is O=C(O)C1OC(C(=O)NC[C@H]2CCc3cccc(-c4c(Cl)cccc4Cl)c3O2)C(O)C(O)C1O. The Bertz CT molecular complexity index is 1080. The second-order valence-electron chi connectivity index (χ2n) is 8.20. The smallest absolute Gasteiger partial charge is 0.335 e. The summed E-state index contributed by atoms with van der Waals surface area (Å²) in [5.41, 5.74) is 2.32. The molecule has 0 spiro atoms. The van der Waals surface area contributed by atoms with E-state index < -0.39 is 48.5 Å². The predicted octanol–water partition coefficient (Wildman–Crippen LogP) is 1.40. The summed E-state index contributed by atoms with van der Waals surface area (Å²) in [5, 5.41) is 42.5. The van der Waals surface area contributed by atoms with Crippen molar-refractivity contribution < 1.29 is 39.5 Å². The van der Waals surface area contributed by atoms with Crippen LogP contribution in [-0.2, 0) is 20.7 Å². The molecule has 0 radical (unpaired) electrons. The molecular weight excluding hydrogens is 489 g/mol. The first-order valence-corrected chi connectivity index (χ1v) is 11.4. The minimum absolute atomic E-state index is 0.0336. The number of hydrogen-bond donors (Lipinski definition) is 5. The van der Waals surface area contributed by atoms with Crippen molar-refractivity contribution in [2.75, 3.05) is 6.54 Å². The maximum Gasteiger partial charge on any atom is 0.335 e. The molecule has 2 aliphatic rings. The first-order chi connectivity index (χ1) is 16.2. The number of amides is 1. The quantitative estimate of drug-likeness (QED) is 0.405. The highest BCUT2D eigenvalue weighted by atomic mass is 35.5. The van der Waals surface area contributed by atoms with Gasteiger partial charge in [0.2, 0.25) is 0 Å². The summed E-state index contributed by atoms with van der Waals surface area (Å²) < 4.78 is 11.2. The predicted molar refractivity (Wildman–Crippen MR) is 122 cm³/mol. The van der Waals surface area contributed by atoms with Gasteiger partial charge in [0, 0.05) is 11.1 Å². The molecule has 0 aromatic heterocycles. The average molecular weight is 512 g/mol. The standard InChI is InChI=1S/C23H23Cl2NO8/c24-13-5-2-6-14(25)15(13)12-4-1-3-10-7-8-11(33-19(10)12)9-26-22(30)20-17(28)16(27)18(29)21(34-20)23(31)32/h1-6,11,16-18,20-21,27-29H,7-9H2,(H,26,30)(H,31,32)/t11-,16?,17?,18?,20?,21?/m1/s1. The van der Waals surface area contributed by atoms with Crippen molar-refractivity contribution in [2.45, 2.75) is 49.5 Å². The van der Waals surface area contributed by atoms with E-state index in [0.717, 1.165) is 11.1 Å². The van der Waals surface area contributed by atoms with Gasteiger partial charge in [-0.15, -0.1) is 0 Å². The van der Waals surface area contributed by atoms with E-state index in [2.05, 4.69) is 5.32 Å². The molecule has 2 aromatic rings. The van der Waals surface area contributed by atoms with Gasteiger partial charge >= 0.3 is 5.97 Å². The van der Waals surface area contributed by atoms with Crippen molar-refractivity contribution in [3.63, 3.8) is 0 Å². The molecule has 0 bridgehead atoms. The molecule has 34 heavy (non-hydrogen) atoms. The van der Waals surface area contributed by atoms with E-state index in [-0.39, 0.29) is 6.54 Å². The molecule has 182 valence electrons. The molecule has 2 aliphatic heterocycles. The number of aliphatic hydroxyl groups is 3. The number of aliphatic carboxylic acids is 1. The minimum Gasteiger partial charge on any atom is -0.488 e. The zero-order valence-corrected chi connectivity index (χ0v) is 19.2. The monoisotopic (exact) mass is 511 g/mol. The molecule has 9 nitrogen and oxygen atoms in total. The number of carboxylic acids is 1. The van der Waals surface area contributed by atoms with Crippen LogP contribution in [0, 0.1) is 0 Å². The van der Waals surface area contributed by atoms with Crippen LogP contribution in [0.2, 0.25) is 10.0 Å². The number of aryl methyl sites for hydroxylation is 1. The van der Waals surface area contributed by atoms with Crippen LogP contribution >= 0.6 is 23.2 Å². The Labute approximate surface area is 204 Å². The molecule has 1 saturated heterocycles. The summed E-state index contributed by atoms with van der Waals surface area (Å²) in [6.45, 7) is 0.0336. The Balaban J connectivity index is 1.47. The van der Waals surface area contributed by atoms with E-state index in [0.29, 0.717) is 34.2 Å². The Morgan fingerprint density at radius 1 is 0.971 bits per heavy atom. The Kier molecular flexibility index (Phi) is 7.32. The molecular formula is C23H23Cl2NO8. The van der Waals surface area contributed by atoms with Crippen LogP contribution in [0.3, 0.4) is 0 Å². The molecule has 11 heteroatoms. The van der Waals surface area contributed by atoms with Gasteiger partial charge < -0.3 is 35.2 Å². The van der Waals surface area contributed by atoms with Gasteiger partial charge in [-0.1, -0.05) is 47.5 Å². The van der Waals surface area contributed by atoms with Crippen molar-refractivity contribution in [1.82, 2.24) is 5.32 Å². The zero-order chi connectivity index (χ0) is 24.6. The number of hydrogen-bond acceptors (Lipinski definition) is 7. The first-order valence-electron chi connectivity index (χ1n) is 10.6. The lowest BCUT2D eigenvalue weighted by Gasteiger charge is -2.38. The van der Waals surface area contributed by atoms with Gasteiger partial charge in [-0.2, -0.15) is 0 Å². The molecule has 0 saturated carbocycles. The number of benzene rings is 2. The van der Waals surface area contributed by atoms with Gasteiger partial charge in [0.05, 0.1) is 16.6 Å². The zero-order valence-electron chi connectivity index (χ0n) is 17.7. The van der Waals surface area contributed by atoms with E-state index in [1.807, 2.05) is 18.2 Å². The molecule has 2 heterocycles. The number of halogens is 2. The number of nitrogens with one attached hydrogen (secondary N) is 1. The third-order valence-corrected chi connectivity index (χ3v) is 6.60. The van der Waals surface area contributed by atoms with Crippen molar-refractivity contribution in [1.29, 1.82) is 0 Å². The summed E-state index contributed by atoms with van der Waals surface area (Å²) in [7, 11) is 0. The van der Waals surface area contributed by atoms with E-state index in [9.17, 15) is 24.9 Å². The Hall–Kier alpha value is -2.40. The summed E-state index contributed by atoms with van der Waals surface area (Å²) in [6.07, 6.45) is -8.24. The molecule has 2 aromatic carbocycles. The second kappa shape index (κ2) is 10.1. The highest BCUT2D eigenvalue weighted by molar-refractivity contribution is 6.39. The van der Waals surface area contributed by atoms with E-state index >= 15 is 0 Å². The molecule has 1 amide bonds. The van der Waals surface area contributed by atoms with Gasteiger partial charge in [-0.05, 0) is 30.5 Å². The third kappa shape index (κ3) is 4.72. The molecule has 6 atom stereocenters. The summed E-state index contributed by atoms with van der Waals surface area (Å²) in [6, 6.07) is 10.9. The molecule has 1 fully saturated rings. The van der Waals surface area contributed by atoms with Crippen molar-refractivity contribution in [3.8, 4) is 16.9 Å². The molecule has 5 N–H and O–H groups in total. The van der Waals surface area contributed by atoms with Crippen LogP contribution in [0.4, 0.5) is 0 Å². The van der Waals surface area contributed by atoms with Gasteiger partial charge in [-0.3, -0.25) is 4.79 Å². The number of para-hydroxylation sites is 1. The number of carbonyl (C=O) groups excluding carboxylic acids is 1. The van der Waals surface area contributed by atoms with Gasteiger partial charge in [0.1, 0.15) is 30.2 Å². The lowest BCUT2D eigenvalue weighted by atomic mass is 9.94. The molecule has 5 unspecified atom stereocenters. The van der Waals surface area contributed by atoms with Crippen LogP contribution in [0.5, 0.6) is 5.75 Å². The maximum atomic E-state index is 12.6. The number of rotatable bonds is 5. The topological polar surface area (TPSA) is 146 Å². The summed E-state index contributed by atoms with van der Waals surface area (Å²) in [4.78, 5) is 23.9. The fourth-order valence-electron chi connectivity index (χ4n) is 4.17. The highest BCUT2D eigenvalue weighted by Gasteiger charge is 2.49. The van der Waals surface area contributed by atoms with Gasteiger partial charge in [0.25, 0.3) is 5.91 Å². The normalized spacial score (nSPS) is 28.5. The van der Waals surface area contributed by atoms with Crippen molar-refractivity contribution in [2.24, 2.45) is 0 Å².